The third kappa shape index (κ3) is 7.33. The molecule has 3 unspecified atom stereocenters. The van der Waals surface area contributed by atoms with Gasteiger partial charge in [0.15, 0.2) is 35.9 Å². The van der Waals surface area contributed by atoms with Crippen LogP contribution in [0.5, 0.6) is 0 Å². The van der Waals surface area contributed by atoms with Gasteiger partial charge in [-0.3, -0.25) is 18.5 Å². The average Bonchev–Trinajstić information content (AvgIpc) is 3.93. The zero-order valence-electron chi connectivity index (χ0n) is 28.4. The molecule has 0 saturated carbocycles. The lowest BCUT2D eigenvalue weighted by Crippen LogP contribution is -2.39. The largest absolute Gasteiger partial charge is 0.443 e. The minimum Gasteiger partial charge on any atom is -0.382 e. The minimum atomic E-state index is -6.42. The molecule has 3 aromatic rings. The lowest BCUT2D eigenvalue weighted by molar-refractivity contribution is -0.205. The second kappa shape index (κ2) is 14.7. The number of aromatic nitrogens is 5. The van der Waals surface area contributed by atoms with E-state index in [2.05, 4.69) is 19.9 Å². The average molecular weight is 830 g/mol. The molecule has 20 nitrogen and oxygen atoms in total. The molecule has 7 rings (SSSR count). The SMILES string of the molecule is CC1(C)O[C@@H]2[C@H](O1)[C@@H](COP(=O)(O)C(F)(F)P(=O)(O)OC[C@H]1O[C@@H](n3cnc4c(N)ncnc43)[C@@H](F)[C@@H]1OC1CCCCO1)O[C@H]2c1nc(C(N)=O)cs1. The highest BCUT2D eigenvalue weighted by Crippen LogP contribution is 2.75. The first-order valence-corrected chi connectivity index (χ1v) is 20.5. The van der Waals surface area contributed by atoms with Gasteiger partial charge in [-0.05, 0) is 33.1 Å². The Morgan fingerprint density at radius 1 is 1.09 bits per heavy atom. The standard InChI is InChI=1S/C28H36F3N7O13P2S/c1-27(2)50-19-14(47-21(20(19)51-27)25-37-12(9-54-25)23(33)39)8-46-53(42,43)28(30,31)52(40,41)45-7-13-18(49-15-5-3-4-6-44-15)16(29)26(48-13)38-11-36-17-22(32)34-10-35-24(17)38/h9-11,13-16,18-21,26H,3-8H2,1-2H3,(H2,33,39)(H,40,41)(H,42,43)(H2,32,34,35)/t13-,14-,15?,16+,18-,19-,20-,21-,26-/m1/s1. The summed E-state index contributed by atoms with van der Waals surface area (Å²) < 4.78 is 119. The van der Waals surface area contributed by atoms with E-state index in [0.717, 1.165) is 35.0 Å². The second-order valence-corrected chi connectivity index (χ2v) is 18.2. The number of nitrogens with two attached hydrogens (primary N) is 2. The molecule has 54 heavy (non-hydrogen) atoms. The summed E-state index contributed by atoms with van der Waals surface area (Å²) in [6.45, 7) is 1.17. The lowest BCUT2D eigenvalue weighted by Gasteiger charge is -2.30. The van der Waals surface area contributed by atoms with Crippen LogP contribution in [0.1, 0.15) is 60.9 Å². The first-order chi connectivity index (χ1) is 25.4. The molecule has 0 spiro atoms. The van der Waals surface area contributed by atoms with Crippen LogP contribution in [-0.4, -0.2) is 114 Å². The van der Waals surface area contributed by atoms with Crippen molar-refractivity contribution in [2.75, 3.05) is 25.6 Å². The molecular formula is C28H36F3N7O13P2S. The van der Waals surface area contributed by atoms with E-state index in [1.165, 1.54) is 5.38 Å². The van der Waals surface area contributed by atoms with Crippen LogP contribution in [0.25, 0.3) is 11.2 Å². The van der Waals surface area contributed by atoms with Crippen molar-refractivity contribution < 1.29 is 74.4 Å². The Morgan fingerprint density at radius 2 is 1.80 bits per heavy atom. The van der Waals surface area contributed by atoms with Gasteiger partial charge in [-0.25, -0.2) is 24.3 Å². The first kappa shape index (κ1) is 39.5. The van der Waals surface area contributed by atoms with E-state index in [0.29, 0.717) is 19.4 Å². The lowest BCUT2D eigenvalue weighted by atomic mass is 10.1. The molecule has 1 amide bonds. The van der Waals surface area contributed by atoms with Crippen molar-refractivity contribution in [1.29, 1.82) is 0 Å². The fraction of sp³-hybridized carbons (Fsp3) is 0.679. The van der Waals surface area contributed by atoms with E-state index >= 15 is 13.2 Å². The Kier molecular flexibility index (Phi) is 10.7. The number of imidazole rings is 1. The highest BCUT2D eigenvalue weighted by Gasteiger charge is 2.67. The van der Waals surface area contributed by atoms with Crippen molar-refractivity contribution in [3.05, 3.63) is 28.7 Å². The monoisotopic (exact) mass is 829 g/mol. The number of rotatable bonds is 13. The Morgan fingerprint density at radius 3 is 2.46 bits per heavy atom. The number of hydrogen-bond donors (Lipinski definition) is 4. The van der Waals surface area contributed by atoms with Crippen molar-refractivity contribution in [1.82, 2.24) is 24.5 Å². The molecule has 7 heterocycles. The van der Waals surface area contributed by atoms with Gasteiger partial charge in [0.05, 0.1) is 19.5 Å². The smallest absolute Gasteiger partial charge is 0.382 e. The van der Waals surface area contributed by atoms with E-state index in [1.54, 1.807) is 13.8 Å². The van der Waals surface area contributed by atoms with Gasteiger partial charge in [0.25, 0.3) is 5.91 Å². The highest BCUT2D eigenvalue weighted by molar-refractivity contribution is 7.72. The van der Waals surface area contributed by atoms with E-state index in [-0.39, 0.29) is 27.7 Å². The molecule has 11 atom stereocenters. The fourth-order valence-electron chi connectivity index (χ4n) is 6.48. The highest BCUT2D eigenvalue weighted by atomic mass is 32.1. The Bertz CT molecular complexity index is 1970. The van der Waals surface area contributed by atoms with Gasteiger partial charge < -0.3 is 58.7 Å². The number of fused-ring (bicyclic) bond motifs is 2. The van der Waals surface area contributed by atoms with Crippen LogP contribution in [0.3, 0.4) is 0 Å². The molecule has 6 N–H and O–H groups in total. The van der Waals surface area contributed by atoms with E-state index in [4.69, 9.17) is 48.9 Å². The van der Waals surface area contributed by atoms with Crippen molar-refractivity contribution in [3.63, 3.8) is 0 Å². The van der Waals surface area contributed by atoms with Crippen LogP contribution in [-0.2, 0) is 46.6 Å². The van der Waals surface area contributed by atoms with E-state index in [1.807, 2.05) is 0 Å². The topological polar surface area (TPSA) is 274 Å². The Hall–Kier alpha value is -2.70. The van der Waals surface area contributed by atoms with Gasteiger partial charge in [-0.15, -0.1) is 11.3 Å². The Balaban J connectivity index is 1.05. The molecule has 0 radical (unpaired) electrons. The number of ether oxygens (including phenoxy) is 6. The summed E-state index contributed by atoms with van der Waals surface area (Å²) >= 11 is 0.995. The van der Waals surface area contributed by atoms with Gasteiger partial charge in [-0.2, -0.15) is 8.78 Å². The van der Waals surface area contributed by atoms with Gasteiger partial charge in [0.1, 0.15) is 59.2 Å². The number of carbonyl (C=O) groups is 1. The fourth-order valence-corrected chi connectivity index (χ4v) is 9.98. The summed E-state index contributed by atoms with van der Waals surface area (Å²) in [4.78, 5) is 48.6. The van der Waals surface area contributed by atoms with Crippen LogP contribution in [0.15, 0.2) is 18.0 Å². The normalized spacial score (nSPS) is 33.4. The molecule has 0 aliphatic carbocycles. The maximum atomic E-state index is 16.1. The number of amides is 1. The maximum Gasteiger partial charge on any atom is 0.443 e. The summed E-state index contributed by atoms with van der Waals surface area (Å²) in [7, 11) is -12.8. The van der Waals surface area contributed by atoms with Gasteiger partial charge in [-0.1, -0.05) is 0 Å². The van der Waals surface area contributed by atoms with Crippen molar-refractivity contribution in [3.8, 4) is 0 Å². The predicted octanol–water partition coefficient (Wildman–Crippen LogP) is 2.73. The number of primary amides is 1. The van der Waals surface area contributed by atoms with Crippen LogP contribution in [0, 0.1) is 0 Å². The number of anilines is 1. The van der Waals surface area contributed by atoms with Gasteiger partial charge >= 0.3 is 20.6 Å². The van der Waals surface area contributed by atoms with Crippen LogP contribution in [0.2, 0.25) is 0 Å². The number of halogens is 3. The van der Waals surface area contributed by atoms with Gasteiger partial charge in [0, 0.05) is 12.0 Å². The summed E-state index contributed by atoms with van der Waals surface area (Å²) in [6, 6.07) is 0. The number of nitrogens with zero attached hydrogens (tertiary/aromatic N) is 5. The first-order valence-electron chi connectivity index (χ1n) is 16.5. The Labute approximate surface area is 307 Å². The third-order valence-electron chi connectivity index (χ3n) is 9.05. The molecular weight excluding hydrogens is 793 g/mol. The number of hydrogen-bond acceptors (Lipinski definition) is 17. The quantitative estimate of drug-likeness (QED) is 0.180. The number of alkyl halides is 3. The van der Waals surface area contributed by atoms with Crippen LogP contribution < -0.4 is 11.5 Å². The molecule has 298 valence electrons. The number of thiazole rings is 1. The third-order valence-corrected chi connectivity index (χ3v) is 13.8. The molecule has 26 heteroatoms. The molecule has 4 aliphatic heterocycles. The summed E-state index contributed by atoms with van der Waals surface area (Å²) in [6.07, 6.45) is -8.06. The summed E-state index contributed by atoms with van der Waals surface area (Å²) in [5.41, 5.74) is 11.2. The molecule has 3 aromatic heterocycles. The van der Waals surface area contributed by atoms with Crippen molar-refractivity contribution in [2.45, 2.75) is 99.6 Å². The maximum absolute atomic E-state index is 16.1. The minimum absolute atomic E-state index is 0.0140. The molecule has 4 aliphatic rings. The summed E-state index contributed by atoms with van der Waals surface area (Å²) in [5.74, 6) is -2.04. The van der Waals surface area contributed by atoms with E-state index < -0.39 is 101 Å². The van der Waals surface area contributed by atoms with Crippen molar-refractivity contribution in [2.24, 2.45) is 5.73 Å². The van der Waals surface area contributed by atoms with Crippen LogP contribution >= 0.6 is 26.5 Å². The number of nitrogen functional groups attached to an aromatic ring is 1. The predicted molar refractivity (Wildman–Crippen MR) is 176 cm³/mol. The van der Waals surface area contributed by atoms with E-state index in [9.17, 15) is 23.7 Å². The molecule has 0 aromatic carbocycles. The molecule has 4 fully saturated rings. The van der Waals surface area contributed by atoms with Crippen molar-refractivity contribution >= 4 is 49.4 Å². The van der Waals surface area contributed by atoms with Crippen LogP contribution in [0.4, 0.5) is 19.0 Å². The zero-order valence-corrected chi connectivity index (χ0v) is 31.0. The second-order valence-electron chi connectivity index (χ2n) is 13.2. The molecule has 4 saturated heterocycles. The summed E-state index contributed by atoms with van der Waals surface area (Å²) in [5, 5.41) is -3.83. The van der Waals surface area contributed by atoms with Gasteiger partial charge in [0.2, 0.25) is 0 Å². The zero-order chi connectivity index (χ0) is 38.8. The molecule has 0 bridgehead atoms. The number of carbonyl (C=O) groups excluding carboxylic acids is 1.